The van der Waals surface area contributed by atoms with Crippen LogP contribution in [0, 0.1) is 6.92 Å². The Hall–Kier alpha value is -1.16. The van der Waals surface area contributed by atoms with Gasteiger partial charge in [-0.15, -0.1) is 0 Å². The van der Waals surface area contributed by atoms with Crippen molar-refractivity contribution >= 4 is 5.95 Å². The summed E-state index contributed by atoms with van der Waals surface area (Å²) in [6.45, 7) is 4.14. The molecule has 1 atom stereocenters. The Morgan fingerprint density at radius 3 is 2.80 bits per heavy atom. The monoisotopic (exact) mass is 206 g/mol. The molecule has 0 radical (unpaired) electrons. The molecular weight excluding hydrogens is 188 g/mol. The maximum absolute atomic E-state index is 4.31. The first kappa shape index (κ1) is 10.4. The van der Waals surface area contributed by atoms with Crippen molar-refractivity contribution in [3.63, 3.8) is 0 Å². The highest BCUT2D eigenvalue weighted by Crippen LogP contribution is 2.10. The number of hydrogen-bond acceptors (Lipinski definition) is 4. The second-order valence-corrected chi connectivity index (χ2v) is 4.23. The van der Waals surface area contributed by atoms with Crippen molar-refractivity contribution in [2.24, 2.45) is 0 Å². The zero-order valence-corrected chi connectivity index (χ0v) is 9.40. The minimum absolute atomic E-state index is 0.597. The molecule has 0 bridgehead atoms. The summed E-state index contributed by atoms with van der Waals surface area (Å²) in [5, 5.41) is 3.47. The van der Waals surface area contributed by atoms with Crippen molar-refractivity contribution < 1.29 is 0 Å². The zero-order valence-electron chi connectivity index (χ0n) is 9.40. The summed E-state index contributed by atoms with van der Waals surface area (Å²) >= 11 is 0. The van der Waals surface area contributed by atoms with Gasteiger partial charge < -0.3 is 10.2 Å². The maximum atomic E-state index is 4.31. The average Bonchev–Trinajstić information content (AvgIpc) is 2.71. The van der Waals surface area contributed by atoms with Gasteiger partial charge in [0.2, 0.25) is 5.95 Å². The maximum Gasteiger partial charge on any atom is 0.225 e. The highest BCUT2D eigenvalue weighted by molar-refractivity contribution is 5.28. The van der Waals surface area contributed by atoms with Crippen molar-refractivity contribution in [3.8, 4) is 0 Å². The highest BCUT2D eigenvalue weighted by Gasteiger charge is 2.16. The summed E-state index contributed by atoms with van der Waals surface area (Å²) in [5.74, 6) is 0.814. The van der Waals surface area contributed by atoms with Crippen LogP contribution in [0.3, 0.4) is 0 Å². The zero-order chi connectivity index (χ0) is 10.7. The van der Waals surface area contributed by atoms with Gasteiger partial charge in [-0.25, -0.2) is 9.97 Å². The number of anilines is 1. The number of nitrogens with zero attached hydrogens (tertiary/aromatic N) is 3. The Bertz CT molecular complexity index is 303. The summed E-state index contributed by atoms with van der Waals surface area (Å²) < 4.78 is 0. The first-order valence-corrected chi connectivity index (χ1v) is 5.49. The van der Waals surface area contributed by atoms with Gasteiger partial charge in [-0.3, -0.25) is 0 Å². The Balaban J connectivity index is 1.94. The first-order chi connectivity index (χ1) is 7.25. The molecular formula is C11H18N4. The largest absolute Gasteiger partial charge is 0.342 e. The third-order valence-corrected chi connectivity index (χ3v) is 2.77. The minimum Gasteiger partial charge on any atom is -0.342 e. The van der Waals surface area contributed by atoms with E-state index in [9.17, 15) is 0 Å². The second kappa shape index (κ2) is 4.57. The molecule has 1 saturated heterocycles. The predicted molar refractivity (Wildman–Crippen MR) is 61.1 cm³/mol. The summed E-state index contributed by atoms with van der Waals surface area (Å²) in [6, 6.07) is 0.597. The van der Waals surface area contributed by atoms with Crippen molar-refractivity contribution in [2.45, 2.75) is 25.8 Å². The molecule has 15 heavy (non-hydrogen) atoms. The normalized spacial score (nSPS) is 20.5. The van der Waals surface area contributed by atoms with Crippen molar-refractivity contribution in [2.75, 3.05) is 25.0 Å². The molecule has 1 unspecified atom stereocenters. The van der Waals surface area contributed by atoms with E-state index in [1.807, 2.05) is 26.4 Å². The van der Waals surface area contributed by atoms with E-state index >= 15 is 0 Å². The fraction of sp³-hybridized carbons (Fsp3) is 0.636. The van der Waals surface area contributed by atoms with Crippen LogP contribution in [0.2, 0.25) is 0 Å². The molecule has 0 aliphatic carbocycles. The van der Waals surface area contributed by atoms with Crippen LogP contribution in [-0.4, -0.2) is 36.1 Å². The van der Waals surface area contributed by atoms with E-state index in [-0.39, 0.29) is 0 Å². The molecule has 0 amide bonds. The standard InChI is InChI=1S/C11H18N4/c1-9-6-13-11(14-7-9)15(2)8-10-4-3-5-12-10/h6-7,10,12H,3-5,8H2,1-2H3. The molecule has 0 aromatic carbocycles. The topological polar surface area (TPSA) is 41.1 Å². The van der Waals surface area contributed by atoms with Gasteiger partial charge in [0.25, 0.3) is 0 Å². The van der Waals surface area contributed by atoms with Crippen molar-refractivity contribution in [1.82, 2.24) is 15.3 Å². The number of aromatic nitrogens is 2. The highest BCUT2D eigenvalue weighted by atomic mass is 15.2. The molecule has 82 valence electrons. The van der Waals surface area contributed by atoms with Gasteiger partial charge >= 0.3 is 0 Å². The molecule has 1 fully saturated rings. The van der Waals surface area contributed by atoms with Gasteiger partial charge in [-0.2, -0.15) is 0 Å². The van der Waals surface area contributed by atoms with E-state index in [2.05, 4.69) is 20.2 Å². The van der Waals surface area contributed by atoms with Crippen LogP contribution < -0.4 is 10.2 Å². The summed E-state index contributed by atoms with van der Waals surface area (Å²) in [6.07, 6.45) is 6.27. The summed E-state index contributed by atoms with van der Waals surface area (Å²) in [5.41, 5.74) is 1.10. The van der Waals surface area contributed by atoms with Crippen molar-refractivity contribution in [1.29, 1.82) is 0 Å². The molecule has 4 nitrogen and oxygen atoms in total. The van der Waals surface area contributed by atoms with Gasteiger partial charge in [0.1, 0.15) is 0 Å². The van der Waals surface area contributed by atoms with Gasteiger partial charge in [0.05, 0.1) is 0 Å². The minimum atomic E-state index is 0.597. The quantitative estimate of drug-likeness (QED) is 0.800. The molecule has 1 aliphatic heterocycles. The Morgan fingerprint density at radius 1 is 1.47 bits per heavy atom. The number of rotatable bonds is 3. The Kier molecular flexibility index (Phi) is 3.16. The predicted octanol–water partition coefficient (Wildman–Crippen LogP) is 0.973. The van der Waals surface area contributed by atoms with Gasteiger partial charge in [0, 0.05) is 32.0 Å². The molecule has 1 aromatic heterocycles. The third-order valence-electron chi connectivity index (χ3n) is 2.77. The van der Waals surface area contributed by atoms with Gasteiger partial charge in [-0.05, 0) is 31.9 Å². The third kappa shape index (κ3) is 2.65. The number of hydrogen-bond donors (Lipinski definition) is 1. The molecule has 2 heterocycles. The molecule has 1 N–H and O–H groups in total. The van der Waals surface area contributed by atoms with Crippen LogP contribution in [0.1, 0.15) is 18.4 Å². The Labute approximate surface area is 90.7 Å². The first-order valence-electron chi connectivity index (χ1n) is 5.49. The van der Waals surface area contributed by atoms with Crippen LogP contribution in [-0.2, 0) is 0 Å². The lowest BCUT2D eigenvalue weighted by atomic mass is 10.2. The second-order valence-electron chi connectivity index (χ2n) is 4.23. The lowest BCUT2D eigenvalue weighted by Gasteiger charge is -2.21. The van der Waals surface area contributed by atoms with Crippen molar-refractivity contribution in [3.05, 3.63) is 18.0 Å². The molecule has 1 aromatic rings. The Morgan fingerprint density at radius 2 is 2.20 bits per heavy atom. The fourth-order valence-electron chi connectivity index (χ4n) is 1.91. The van der Waals surface area contributed by atoms with E-state index in [1.54, 1.807) is 0 Å². The molecule has 4 heteroatoms. The fourth-order valence-corrected chi connectivity index (χ4v) is 1.91. The smallest absolute Gasteiger partial charge is 0.225 e. The molecule has 0 spiro atoms. The van der Waals surface area contributed by atoms with Crippen LogP contribution in [0.15, 0.2) is 12.4 Å². The van der Waals surface area contributed by atoms with E-state index in [1.165, 1.54) is 12.8 Å². The molecule has 2 rings (SSSR count). The van der Waals surface area contributed by atoms with E-state index in [0.717, 1.165) is 24.6 Å². The lowest BCUT2D eigenvalue weighted by Crippen LogP contribution is -2.36. The van der Waals surface area contributed by atoms with Gasteiger partial charge in [-0.1, -0.05) is 0 Å². The van der Waals surface area contributed by atoms with E-state index in [4.69, 9.17) is 0 Å². The number of nitrogens with one attached hydrogen (secondary N) is 1. The summed E-state index contributed by atoms with van der Waals surface area (Å²) in [4.78, 5) is 10.7. The van der Waals surface area contributed by atoms with E-state index in [0.29, 0.717) is 6.04 Å². The van der Waals surface area contributed by atoms with Crippen LogP contribution >= 0.6 is 0 Å². The molecule has 0 saturated carbocycles. The summed E-state index contributed by atoms with van der Waals surface area (Å²) in [7, 11) is 2.05. The van der Waals surface area contributed by atoms with Crippen LogP contribution in [0.25, 0.3) is 0 Å². The lowest BCUT2D eigenvalue weighted by molar-refractivity contribution is 0.594. The number of aryl methyl sites for hydroxylation is 1. The van der Waals surface area contributed by atoms with Gasteiger partial charge in [0.15, 0.2) is 0 Å². The van der Waals surface area contributed by atoms with Crippen LogP contribution in [0.4, 0.5) is 5.95 Å². The number of likely N-dealkylation sites (N-methyl/N-ethyl adjacent to an activating group) is 1. The van der Waals surface area contributed by atoms with Crippen LogP contribution in [0.5, 0.6) is 0 Å². The average molecular weight is 206 g/mol. The van der Waals surface area contributed by atoms with E-state index < -0.39 is 0 Å². The molecule has 1 aliphatic rings. The SMILES string of the molecule is Cc1cnc(N(C)CC2CCCN2)nc1.